The molecular formula is C18H16FN7O5S. The molecule has 0 aliphatic carbocycles. The molecule has 166 valence electrons. The van der Waals surface area contributed by atoms with Gasteiger partial charge in [0, 0.05) is 17.7 Å². The number of carbonyl (C=O) groups excluding carboxylic acids is 2. The lowest BCUT2D eigenvalue weighted by Crippen LogP contribution is -2.42. The van der Waals surface area contributed by atoms with Crippen LogP contribution in [0, 0.1) is 15.9 Å². The van der Waals surface area contributed by atoms with Crippen LogP contribution in [0.4, 0.5) is 10.1 Å². The topological polar surface area (TPSA) is 167 Å². The van der Waals surface area contributed by atoms with E-state index >= 15 is 0 Å². The summed E-state index contributed by atoms with van der Waals surface area (Å²) in [7, 11) is 0. The summed E-state index contributed by atoms with van der Waals surface area (Å²) in [6, 6.07) is 10.7. The number of non-ortho nitro benzene ring substituents is 1. The lowest BCUT2D eigenvalue weighted by Gasteiger charge is -2.08. The summed E-state index contributed by atoms with van der Waals surface area (Å²) < 4.78 is 20.0. The average molecular weight is 461 g/mol. The van der Waals surface area contributed by atoms with E-state index in [2.05, 4.69) is 21.0 Å². The van der Waals surface area contributed by atoms with Gasteiger partial charge in [0.15, 0.2) is 17.4 Å². The SMILES string of the molecule is Nn1c(COc2ccccc2F)nnc1SCC(=O)NNC(=O)c1ccc([N+](=O)[O-])cc1. The van der Waals surface area contributed by atoms with Crippen molar-refractivity contribution >= 4 is 29.3 Å². The number of nitro groups is 1. The molecule has 12 nitrogen and oxygen atoms in total. The number of hydrogen-bond acceptors (Lipinski definition) is 9. The Morgan fingerprint density at radius 3 is 2.56 bits per heavy atom. The van der Waals surface area contributed by atoms with Crippen LogP contribution in [0.5, 0.6) is 5.75 Å². The number of hydrazine groups is 1. The smallest absolute Gasteiger partial charge is 0.269 e. The Kier molecular flexibility index (Phi) is 7.17. The van der Waals surface area contributed by atoms with Crippen molar-refractivity contribution in [2.75, 3.05) is 11.6 Å². The monoisotopic (exact) mass is 461 g/mol. The maximum atomic E-state index is 13.6. The third-order valence-corrected chi connectivity index (χ3v) is 4.86. The van der Waals surface area contributed by atoms with Crippen LogP contribution < -0.4 is 21.4 Å². The number of nitrogens with two attached hydrogens (primary N) is 1. The molecule has 0 saturated carbocycles. The molecule has 0 fully saturated rings. The van der Waals surface area contributed by atoms with E-state index in [1.54, 1.807) is 6.07 Å². The fourth-order valence-electron chi connectivity index (χ4n) is 2.31. The summed E-state index contributed by atoms with van der Waals surface area (Å²) in [6.45, 7) is -0.136. The number of nitrogens with zero attached hydrogens (tertiary/aromatic N) is 4. The van der Waals surface area contributed by atoms with Crippen molar-refractivity contribution < 1.29 is 23.6 Å². The van der Waals surface area contributed by atoms with Crippen molar-refractivity contribution in [3.8, 4) is 5.75 Å². The largest absolute Gasteiger partial charge is 0.482 e. The minimum absolute atomic E-state index is 0.0350. The first kappa shape index (κ1) is 22.5. The van der Waals surface area contributed by atoms with Gasteiger partial charge in [0.05, 0.1) is 10.7 Å². The Morgan fingerprint density at radius 2 is 1.88 bits per heavy atom. The van der Waals surface area contributed by atoms with Gasteiger partial charge < -0.3 is 10.6 Å². The number of aromatic nitrogens is 3. The lowest BCUT2D eigenvalue weighted by molar-refractivity contribution is -0.384. The number of nitro benzene ring substituents is 1. The molecule has 32 heavy (non-hydrogen) atoms. The Bertz CT molecular complexity index is 1140. The molecule has 0 aliphatic rings. The molecule has 0 unspecified atom stereocenters. The zero-order valence-electron chi connectivity index (χ0n) is 16.2. The van der Waals surface area contributed by atoms with Crippen LogP contribution in [0.3, 0.4) is 0 Å². The van der Waals surface area contributed by atoms with E-state index in [1.807, 2.05) is 0 Å². The molecule has 2 aromatic carbocycles. The number of halogens is 1. The van der Waals surface area contributed by atoms with Crippen molar-refractivity contribution in [1.82, 2.24) is 25.7 Å². The minimum Gasteiger partial charge on any atom is -0.482 e. The molecule has 0 aliphatic heterocycles. The molecule has 0 spiro atoms. The van der Waals surface area contributed by atoms with E-state index in [0.717, 1.165) is 16.4 Å². The zero-order valence-corrected chi connectivity index (χ0v) is 17.0. The van der Waals surface area contributed by atoms with E-state index < -0.39 is 22.6 Å². The normalized spacial score (nSPS) is 10.4. The maximum absolute atomic E-state index is 13.6. The Morgan fingerprint density at radius 1 is 1.16 bits per heavy atom. The highest BCUT2D eigenvalue weighted by atomic mass is 32.2. The zero-order chi connectivity index (χ0) is 23.1. The third kappa shape index (κ3) is 5.69. The second-order valence-corrected chi connectivity index (χ2v) is 7.03. The summed E-state index contributed by atoms with van der Waals surface area (Å²) in [5.74, 6) is 4.23. The number of rotatable bonds is 8. The molecule has 0 bridgehead atoms. The van der Waals surface area contributed by atoms with E-state index in [0.29, 0.717) is 0 Å². The van der Waals surface area contributed by atoms with Crippen molar-refractivity contribution in [3.05, 3.63) is 75.9 Å². The van der Waals surface area contributed by atoms with Gasteiger partial charge in [-0.05, 0) is 24.3 Å². The second-order valence-electron chi connectivity index (χ2n) is 6.08. The summed E-state index contributed by atoms with van der Waals surface area (Å²) in [4.78, 5) is 34.0. The molecule has 2 amide bonds. The van der Waals surface area contributed by atoms with Gasteiger partial charge in [-0.25, -0.2) is 9.07 Å². The number of para-hydroxylation sites is 1. The molecule has 0 atom stereocenters. The fourth-order valence-corrected chi connectivity index (χ4v) is 2.98. The summed E-state index contributed by atoms with van der Waals surface area (Å²) in [5, 5.41) is 18.5. The van der Waals surface area contributed by atoms with Gasteiger partial charge in [0.2, 0.25) is 11.1 Å². The molecule has 1 heterocycles. The molecule has 3 aromatic rings. The van der Waals surface area contributed by atoms with Crippen LogP contribution in [0.25, 0.3) is 0 Å². The predicted octanol–water partition coefficient (Wildman–Crippen LogP) is 1.17. The van der Waals surface area contributed by atoms with Crippen molar-refractivity contribution in [3.63, 3.8) is 0 Å². The van der Waals surface area contributed by atoms with Gasteiger partial charge in [-0.1, -0.05) is 23.9 Å². The van der Waals surface area contributed by atoms with Crippen molar-refractivity contribution in [2.24, 2.45) is 0 Å². The molecule has 4 N–H and O–H groups in total. The third-order valence-electron chi connectivity index (χ3n) is 3.92. The quantitative estimate of drug-likeness (QED) is 0.193. The summed E-state index contributed by atoms with van der Waals surface area (Å²) in [5.41, 5.74) is 4.37. The van der Waals surface area contributed by atoms with E-state index in [4.69, 9.17) is 10.6 Å². The first-order chi connectivity index (χ1) is 15.3. The highest BCUT2D eigenvalue weighted by Gasteiger charge is 2.15. The maximum Gasteiger partial charge on any atom is 0.269 e. The van der Waals surface area contributed by atoms with Crippen LogP contribution in [-0.4, -0.2) is 37.4 Å². The number of nitrogen functional groups attached to an aromatic ring is 1. The van der Waals surface area contributed by atoms with Gasteiger partial charge in [0.25, 0.3) is 11.6 Å². The van der Waals surface area contributed by atoms with Gasteiger partial charge in [-0.2, -0.15) is 0 Å². The average Bonchev–Trinajstić information content (AvgIpc) is 3.14. The minimum atomic E-state index is -0.646. The van der Waals surface area contributed by atoms with Crippen LogP contribution in [0.15, 0.2) is 53.7 Å². The molecule has 14 heteroatoms. The first-order valence-corrected chi connectivity index (χ1v) is 9.87. The number of hydrogen-bond donors (Lipinski definition) is 3. The highest BCUT2D eigenvalue weighted by Crippen LogP contribution is 2.18. The highest BCUT2D eigenvalue weighted by molar-refractivity contribution is 7.99. The Labute approximate surface area is 184 Å². The van der Waals surface area contributed by atoms with Crippen LogP contribution in [0.1, 0.15) is 16.2 Å². The fraction of sp³-hybridized carbons (Fsp3) is 0.111. The van der Waals surface area contributed by atoms with Crippen LogP contribution >= 0.6 is 11.8 Å². The molecule has 1 aromatic heterocycles. The first-order valence-electron chi connectivity index (χ1n) is 8.88. The molecular weight excluding hydrogens is 445 g/mol. The standard InChI is InChI=1S/C18H16FN7O5S/c19-13-3-1-2-4-14(13)31-9-15-21-24-18(25(15)20)32-10-16(27)22-23-17(28)11-5-7-12(8-6-11)26(29)30/h1-8H,9-10,20H2,(H,22,27)(H,23,28). The molecule has 0 saturated heterocycles. The number of amides is 2. The van der Waals surface area contributed by atoms with Crippen molar-refractivity contribution in [1.29, 1.82) is 0 Å². The Balaban J connectivity index is 1.46. The van der Waals surface area contributed by atoms with Gasteiger partial charge >= 0.3 is 0 Å². The summed E-state index contributed by atoms with van der Waals surface area (Å²) >= 11 is 0.950. The van der Waals surface area contributed by atoms with Gasteiger partial charge in [0.1, 0.15) is 6.61 Å². The van der Waals surface area contributed by atoms with E-state index in [1.165, 1.54) is 42.5 Å². The number of ether oxygens (including phenoxy) is 1. The number of carbonyl (C=O) groups is 2. The second kappa shape index (κ2) is 10.2. The Hall–Kier alpha value is -4.20. The number of benzene rings is 2. The lowest BCUT2D eigenvalue weighted by atomic mass is 10.2. The van der Waals surface area contributed by atoms with Crippen molar-refractivity contribution in [2.45, 2.75) is 11.8 Å². The van der Waals surface area contributed by atoms with Crippen LogP contribution in [-0.2, 0) is 11.4 Å². The van der Waals surface area contributed by atoms with Gasteiger partial charge in [-0.15, -0.1) is 10.2 Å². The van der Waals surface area contributed by atoms with E-state index in [-0.39, 0.29) is 40.3 Å². The van der Waals surface area contributed by atoms with Gasteiger partial charge in [-0.3, -0.25) is 30.6 Å². The summed E-state index contributed by atoms with van der Waals surface area (Å²) in [6.07, 6.45) is 0. The predicted molar refractivity (Wildman–Crippen MR) is 110 cm³/mol. The van der Waals surface area contributed by atoms with E-state index in [9.17, 15) is 24.1 Å². The molecule has 3 rings (SSSR count). The van der Waals surface area contributed by atoms with Crippen LogP contribution in [0.2, 0.25) is 0 Å². The number of nitrogens with one attached hydrogen (secondary N) is 2. The number of thioether (sulfide) groups is 1. The molecule has 0 radical (unpaired) electrons.